The summed E-state index contributed by atoms with van der Waals surface area (Å²) >= 11 is 6.01. The minimum atomic E-state index is 0.268. The number of hydrogen-bond donors (Lipinski definition) is 2. The van der Waals surface area contributed by atoms with Gasteiger partial charge in [0.05, 0.1) is 0 Å². The molecule has 0 saturated heterocycles. The lowest BCUT2D eigenvalue weighted by atomic mass is 10.2. The number of anilines is 3. The van der Waals surface area contributed by atoms with Gasteiger partial charge in [-0.15, -0.1) is 0 Å². The van der Waals surface area contributed by atoms with E-state index in [1.54, 1.807) is 0 Å². The van der Waals surface area contributed by atoms with Crippen LogP contribution in [0.4, 0.5) is 17.6 Å². The van der Waals surface area contributed by atoms with Crippen molar-refractivity contribution >= 4 is 29.2 Å². The van der Waals surface area contributed by atoms with E-state index < -0.39 is 0 Å². The van der Waals surface area contributed by atoms with Gasteiger partial charge < -0.3 is 16.0 Å². The number of benzene rings is 1. The number of halogens is 1. The monoisotopic (exact) mass is 305 g/mol. The Morgan fingerprint density at radius 1 is 1.29 bits per heavy atom. The van der Waals surface area contributed by atoms with E-state index in [0.29, 0.717) is 6.54 Å². The Kier molecular flexibility index (Phi) is 5.22. The standard InChI is InChI=1S/C15H20ClN5/c1-3-7-18-13-9-14(20-15(17)19-13)21(2)10-11-5-4-6-12(16)8-11/h4-6,8-9H,3,7,10H2,1-2H3,(H3,17,18,19,20). The van der Waals surface area contributed by atoms with Crippen molar-refractivity contribution < 1.29 is 0 Å². The molecule has 5 nitrogen and oxygen atoms in total. The molecule has 0 unspecified atom stereocenters. The number of nitrogen functional groups attached to an aromatic ring is 1. The SMILES string of the molecule is CCCNc1cc(N(C)Cc2cccc(Cl)c2)nc(N)n1. The summed E-state index contributed by atoms with van der Waals surface area (Å²) in [5.41, 5.74) is 6.89. The molecule has 112 valence electrons. The van der Waals surface area contributed by atoms with Gasteiger partial charge in [0.2, 0.25) is 5.95 Å². The minimum absolute atomic E-state index is 0.268. The lowest BCUT2D eigenvalue weighted by molar-refractivity contribution is 0.891. The molecule has 1 heterocycles. The van der Waals surface area contributed by atoms with Gasteiger partial charge in [0.1, 0.15) is 11.6 Å². The van der Waals surface area contributed by atoms with Gasteiger partial charge >= 0.3 is 0 Å². The van der Waals surface area contributed by atoms with Crippen LogP contribution in [-0.4, -0.2) is 23.6 Å². The Balaban J connectivity index is 2.14. The van der Waals surface area contributed by atoms with Crippen LogP contribution >= 0.6 is 11.6 Å². The van der Waals surface area contributed by atoms with E-state index in [9.17, 15) is 0 Å². The first-order valence-corrected chi connectivity index (χ1v) is 7.30. The van der Waals surface area contributed by atoms with Crippen molar-refractivity contribution in [2.75, 3.05) is 29.5 Å². The van der Waals surface area contributed by atoms with Crippen molar-refractivity contribution in [3.05, 3.63) is 40.9 Å². The van der Waals surface area contributed by atoms with Crippen molar-refractivity contribution in [2.24, 2.45) is 0 Å². The third kappa shape index (κ3) is 4.49. The number of nitrogens with two attached hydrogens (primary N) is 1. The van der Waals surface area contributed by atoms with E-state index in [1.165, 1.54) is 0 Å². The summed E-state index contributed by atoms with van der Waals surface area (Å²) in [6.45, 7) is 3.65. The Morgan fingerprint density at radius 2 is 2.10 bits per heavy atom. The topological polar surface area (TPSA) is 67.1 Å². The molecule has 3 N–H and O–H groups in total. The number of nitrogens with one attached hydrogen (secondary N) is 1. The van der Waals surface area contributed by atoms with E-state index in [2.05, 4.69) is 22.2 Å². The molecule has 0 bridgehead atoms. The Morgan fingerprint density at radius 3 is 2.81 bits per heavy atom. The number of nitrogens with zero attached hydrogens (tertiary/aromatic N) is 3. The summed E-state index contributed by atoms with van der Waals surface area (Å²) in [4.78, 5) is 10.5. The van der Waals surface area contributed by atoms with Crippen molar-refractivity contribution in [1.29, 1.82) is 0 Å². The second kappa shape index (κ2) is 7.13. The van der Waals surface area contributed by atoms with Gasteiger partial charge in [-0.1, -0.05) is 30.7 Å². The Hall–Kier alpha value is -2.01. The van der Waals surface area contributed by atoms with Crippen LogP contribution in [0.3, 0.4) is 0 Å². The van der Waals surface area contributed by atoms with Crippen LogP contribution < -0.4 is 16.0 Å². The van der Waals surface area contributed by atoms with Gasteiger partial charge in [-0.2, -0.15) is 9.97 Å². The molecule has 0 atom stereocenters. The summed E-state index contributed by atoms with van der Waals surface area (Å²) in [5, 5.41) is 3.95. The molecular formula is C15H20ClN5. The largest absolute Gasteiger partial charge is 0.370 e. The second-order valence-electron chi connectivity index (χ2n) is 4.88. The lowest BCUT2D eigenvalue weighted by Crippen LogP contribution is -2.19. The maximum Gasteiger partial charge on any atom is 0.223 e. The third-order valence-electron chi connectivity index (χ3n) is 2.99. The molecule has 1 aromatic carbocycles. The molecule has 0 saturated carbocycles. The molecule has 0 aliphatic rings. The number of hydrogen-bond acceptors (Lipinski definition) is 5. The number of aromatic nitrogens is 2. The summed E-state index contributed by atoms with van der Waals surface area (Å²) in [6.07, 6.45) is 1.03. The molecule has 0 amide bonds. The highest BCUT2D eigenvalue weighted by molar-refractivity contribution is 6.30. The zero-order valence-electron chi connectivity index (χ0n) is 12.3. The van der Waals surface area contributed by atoms with Crippen LogP contribution in [0.2, 0.25) is 5.02 Å². The van der Waals surface area contributed by atoms with Gasteiger partial charge in [0, 0.05) is 31.2 Å². The van der Waals surface area contributed by atoms with Gasteiger partial charge in [-0.25, -0.2) is 0 Å². The molecule has 2 rings (SSSR count). The van der Waals surface area contributed by atoms with Gasteiger partial charge in [-0.3, -0.25) is 0 Å². The van der Waals surface area contributed by atoms with Crippen molar-refractivity contribution in [2.45, 2.75) is 19.9 Å². The van der Waals surface area contributed by atoms with Crippen LogP contribution in [-0.2, 0) is 6.54 Å². The molecule has 6 heteroatoms. The maximum atomic E-state index is 6.01. The molecule has 2 aromatic rings. The molecule has 0 fully saturated rings. The van der Waals surface area contributed by atoms with E-state index >= 15 is 0 Å². The van der Waals surface area contributed by atoms with Crippen molar-refractivity contribution in [3.63, 3.8) is 0 Å². The minimum Gasteiger partial charge on any atom is -0.370 e. The highest BCUT2D eigenvalue weighted by Crippen LogP contribution is 2.19. The maximum absolute atomic E-state index is 6.01. The van der Waals surface area contributed by atoms with Crippen LogP contribution in [0.25, 0.3) is 0 Å². The predicted molar refractivity (Wildman–Crippen MR) is 88.8 cm³/mol. The Labute approximate surface area is 130 Å². The smallest absolute Gasteiger partial charge is 0.223 e. The van der Waals surface area contributed by atoms with Crippen molar-refractivity contribution in [3.8, 4) is 0 Å². The van der Waals surface area contributed by atoms with E-state index in [4.69, 9.17) is 17.3 Å². The van der Waals surface area contributed by atoms with Crippen LogP contribution in [0.1, 0.15) is 18.9 Å². The summed E-state index contributed by atoms with van der Waals surface area (Å²) in [7, 11) is 1.96. The molecule has 0 radical (unpaired) electrons. The van der Waals surface area contributed by atoms with Gasteiger partial charge in [-0.05, 0) is 24.1 Å². The molecule has 0 aliphatic carbocycles. The normalized spacial score (nSPS) is 10.4. The summed E-state index contributed by atoms with van der Waals surface area (Å²) < 4.78 is 0. The lowest BCUT2D eigenvalue weighted by Gasteiger charge is -2.19. The summed E-state index contributed by atoms with van der Waals surface area (Å²) in [5.74, 6) is 1.79. The fourth-order valence-corrected chi connectivity index (χ4v) is 2.19. The zero-order valence-corrected chi connectivity index (χ0v) is 13.1. The second-order valence-corrected chi connectivity index (χ2v) is 5.32. The van der Waals surface area contributed by atoms with Crippen LogP contribution in [0.15, 0.2) is 30.3 Å². The fourth-order valence-electron chi connectivity index (χ4n) is 1.98. The molecule has 0 aliphatic heterocycles. The number of rotatable bonds is 6. The average molecular weight is 306 g/mol. The highest BCUT2D eigenvalue weighted by Gasteiger charge is 2.08. The first-order chi connectivity index (χ1) is 10.1. The van der Waals surface area contributed by atoms with Crippen molar-refractivity contribution in [1.82, 2.24) is 9.97 Å². The zero-order chi connectivity index (χ0) is 15.2. The van der Waals surface area contributed by atoms with E-state index in [0.717, 1.165) is 35.2 Å². The first kappa shape index (κ1) is 15.4. The van der Waals surface area contributed by atoms with E-state index in [-0.39, 0.29) is 5.95 Å². The summed E-state index contributed by atoms with van der Waals surface area (Å²) in [6, 6.07) is 9.67. The van der Waals surface area contributed by atoms with E-state index in [1.807, 2.05) is 42.3 Å². The third-order valence-corrected chi connectivity index (χ3v) is 3.22. The molecule has 21 heavy (non-hydrogen) atoms. The predicted octanol–water partition coefficient (Wildman–Crippen LogP) is 3.17. The molecule has 0 spiro atoms. The van der Waals surface area contributed by atoms with Crippen LogP contribution in [0.5, 0.6) is 0 Å². The first-order valence-electron chi connectivity index (χ1n) is 6.92. The van der Waals surface area contributed by atoms with Gasteiger partial charge in [0.25, 0.3) is 0 Å². The average Bonchev–Trinajstić information content (AvgIpc) is 2.44. The quantitative estimate of drug-likeness (QED) is 0.858. The van der Waals surface area contributed by atoms with Crippen LogP contribution in [0, 0.1) is 0 Å². The Bertz CT molecular complexity index is 602. The molecular weight excluding hydrogens is 286 g/mol. The molecule has 1 aromatic heterocycles. The highest BCUT2D eigenvalue weighted by atomic mass is 35.5. The van der Waals surface area contributed by atoms with Gasteiger partial charge in [0.15, 0.2) is 0 Å². The fraction of sp³-hybridized carbons (Fsp3) is 0.333.